The maximum atomic E-state index is 11.4. The van der Waals surface area contributed by atoms with E-state index in [1.807, 2.05) is 5.38 Å². The molecule has 1 amide bonds. The van der Waals surface area contributed by atoms with Crippen LogP contribution in [0.25, 0.3) is 0 Å². The van der Waals surface area contributed by atoms with Gasteiger partial charge in [-0.1, -0.05) is 0 Å². The van der Waals surface area contributed by atoms with Gasteiger partial charge in [0.15, 0.2) is 0 Å². The van der Waals surface area contributed by atoms with E-state index in [9.17, 15) is 9.59 Å². The van der Waals surface area contributed by atoms with Crippen LogP contribution in [0.2, 0.25) is 0 Å². The molecule has 7 heteroatoms. The van der Waals surface area contributed by atoms with Crippen LogP contribution in [-0.4, -0.2) is 35.1 Å². The molecule has 6 nitrogen and oxygen atoms in total. The average Bonchev–Trinajstić information content (AvgIpc) is 2.65. The van der Waals surface area contributed by atoms with Gasteiger partial charge >= 0.3 is 5.97 Å². The maximum Gasteiger partial charge on any atom is 0.305 e. The lowest BCUT2D eigenvalue weighted by Gasteiger charge is -2.01. The Hall–Kier alpha value is -1.47. The number of amides is 1. The van der Waals surface area contributed by atoms with Crippen LogP contribution in [0.15, 0.2) is 5.38 Å². The highest BCUT2D eigenvalue weighted by Gasteiger charge is 2.07. The van der Waals surface area contributed by atoms with E-state index in [4.69, 9.17) is 10.8 Å². The Morgan fingerprint density at radius 3 is 2.94 bits per heavy atom. The van der Waals surface area contributed by atoms with Crippen LogP contribution in [0.3, 0.4) is 0 Å². The van der Waals surface area contributed by atoms with E-state index in [-0.39, 0.29) is 25.3 Å². The summed E-state index contributed by atoms with van der Waals surface area (Å²) in [5, 5.41) is 13.7. The third kappa shape index (κ3) is 5.41. The summed E-state index contributed by atoms with van der Waals surface area (Å²) < 4.78 is 0. The molecule has 0 atom stereocenters. The molecule has 17 heavy (non-hydrogen) atoms. The first-order valence-electron chi connectivity index (χ1n) is 5.23. The Bertz CT molecular complexity index is 392. The van der Waals surface area contributed by atoms with Crippen LogP contribution >= 0.6 is 11.3 Å². The zero-order chi connectivity index (χ0) is 12.7. The fourth-order valence-corrected chi connectivity index (χ4v) is 2.02. The summed E-state index contributed by atoms with van der Waals surface area (Å²) in [6.45, 7) is 0.686. The SMILES string of the molecule is NCCc1nc(CC(=O)NCCC(=O)O)cs1. The third-order valence-corrected chi connectivity index (χ3v) is 2.92. The van der Waals surface area contributed by atoms with Crippen LogP contribution in [0.5, 0.6) is 0 Å². The minimum atomic E-state index is -0.927. The summed E-state index contributed by atoms with van der Waals surface area (Å²) >= 11 is 1.48. The van der Waals surface area contributed by atoms with Gasteiger partial charge in [0.25, 0.3) is 0 Å². The molecule has 0 bridgehead atoms. The molecule has 0 aliphatic carbocycles. The highest BCUT2D eigenvalue weighted by atomic mass is 32.1. The van der Waals surface area contributed by atoms with Crippen LogP contribution < -0.4 is 11.1 Å². The maximum absolute atomic E-state index is 11.4. The Morgan fingerprint density at radius 1 is 1.53 bits per heavy atom. The number of hydrogen-bond donors (Lipinski definition) is 3. The number of carboxylic acid groups (broad SMARTS) is 1. The molecule has 0 saturated heterocycles. The van der Waals surface area contributed by atoms with Crippen molar-refractivity contribution < 1.29 is 14.7 Å². The predicted octanol–water partition coefficient (Wildman–Crippen LogP) is -0.222. The molecule has 4 N–H and O–H groups in total. The molecular weight excluding hydrogens is 242 g/mol. The number of rotatable bonds is 7. The van der Waals surface area contributed by atoms with Crippen molar-refractivity contribution in [1.82, 2.24) is 10.3 Å². The summed E-state index contributed by atoms with van der Waals surface area (Å²) in [6, 6.07) is 0. The second kappa shape index (κ2) is 6.97. The lowest BCUT2D eigenvalue weighted by Crippen LogP contribution is -2.27. The summed E-state index contributed by atoms with van der Waals surface area (Å²) in [7, 11) is 0. The Morgan fingerprint density at radius 2 is 2.29 bits per heavy atom. The molecule has 0 unspecified atom stereocenters. The second-order valence-electron chi connectivity index (χ2n) is 3.44. The molecule has 1 aromatic heterocycles. The van der Waals surface area contributed by atoms with Gasteiger partial charge in [0.1, 0.15) is 0 Å². The Balaban J connectivity index is 2.31. The highest BCUT2D eigenvalue weighted by Crippen LogP contribution is 2.10. The first kappa shape index (κ1) is 13.6. The monoisotopic (exact) mass is 257 g/mol. The van der Waals surface area contributed by atoms with E-state index >= 15 is 0 Å². The van der Waals surface area contributed by atoms with Gasteiger partial charge in [0, 0.05) is 18.3 Å². The van der Waals surface area contributed by atoms with Crippen LogP contribution in [0, 0.1) is 0 Å². The molecule has 0 aliphatic heterocycles. The molecule has 1 heterocycles. The normalized spacial score (nSPS) is 10.2. The van der Waals surface area contributed by atoms with Crippen molar-refractivity contribution in [3.8, 4) is 0 Å². The van der Waals surface area contributed by atoms with Crippen molar-refractivity contribution >= 4 is 23.2 Å². The standard InChI is InChI=1S/C10H15N3O3S/c11-3-1-9-13-7(6-17-9)5-8(14)12-4-2-10(15)16/h6H,1-5,11H2,(H,12,14)(H,15,16). The summed E-state index contributed by atoms with van der Waals surface area (Å²) in [5.74, 6) is -1.14. The van der Waals surface area contributed by atoms with E-state index in [0.29, 0.717) is 18.7 Å². The zero-order valence-corrected chi connectivity index (χ0v) is 10.1. The summed E-state index contributed by atoms with van der Waals surface area (Å²) in [4.78, 5) is 25.9. The van der Waals surface area contributed by atoms with Gasteiger partial charge in [-0.3, -0.25) is 9.59 Å². The van der Waals surface area contributed by atoms with E-state index in [1.54, 1.807) is 0 Å². The fraction of sp³-hybridized carbons (Fsp3) is 0.500. The molecule has 0 radical (unpaired) electrons. The van der Waals surface area contributed by atoms with Crippen LogP contribution in [0.4, 0.5) is 0 Å². The van der Waals surface area contributed by atoms with Crippen molar-refractivity contribution in [2.45, 2.75) is 19.3 Å². The number of carbonyl (C=O) groups is 2. The smallest absolute Gasteiger partial charge is 0.305 e. The molecular formula is C10H15N3O3S. The van der Waals surface area contributed by atoms with Gasteiger partial charge in [-0.15, -0.1) is 11.3 Å². The zero-order valence-electron chi connectivity index (χ0n) is 9.31. The van der Waals surface area contributed by atoms with Crippen molar-refractivity contribution in [3.05, 3.63) is 16.1 Å². The third-order valence-electron chi connectivity index (χ3n) is 1.96. The highest BCUT2D eigenvalue weighted by molar-refractivity contribution is 7.09. The van der Waals surface area contributed by atoms with Crippen molar-refractivity contribution in [1.29, 1.82) is 0 Å². The number of thiazole rings is 1. The Labute approximate surface area is 103 Å². The van der Waals surface area contributed by atoms with Gasteiger partial charge in [-0.2, -0.15) is 0 Å². The lowest BCUT2D eigenvalue weighted by atomic mass is 10.3. The molecule has 94 valence electrons. The summed E-state index contributed by atoms with van der Waals surface area (Å²) in [6.07, 6.45) is 0.827. The molecule has 0 spiro atoms. The van der Waals surface area contributed by atoms with Crippen LogP contribution in [0.1, 0.15) is 17.1 Å². The van der Waals surface area contributed by atoms with Gasteiger partial charge in [0.05, 0.1) is 23.5 Å². The number of carbonyl (C=O) groups excluding carboxylic acids is 1. The molecule has 1 rings (SSSR count). The second-order valence-corrected chi connectivity index (χ2v) is 4.38. The van der Waals surface area contributed by atoms with Crippen molar-refractivity contribution in [2.75, 3.05) is 13.1 Å². The molecule has 1 aromatic rings. The summed E-state index contributed by atoms with van der Waals surface area (Å²) in [5.41, 5.74) is 6.10. The molecule has 0 aliphatic rings. The Kier molecular flexibility index (Phi) is 5.58. The van der Waals surface area contributed by atoms with E-state index < -0.39 is 5.97 Å². The van der Waals surface area contributed by atoms with E-state index in [1.165, 1.54) is 11.3 Å². The van der Waals surface area contributed by atoms with E-state index in [0.717, 1.165) is 5.01 Å². The topological polar surface area (TPSA) is 105 Å². The molecule has 0 fully saturated rings. The first-order chi connectivity index (χ1) is 8.11. The predicted molar refractivity (Wildman–Crippen MR) is 63.8 cm³/mol. The number of hydrogen-bond acceptors (Lipinski definition) is 5. The minimum absolute atomic E-state index is 0.0682. The van der Waals surface area contributed by atoms with Gasteiger partial charge in [0.2, 0.25) is 5.91 Å². The van der Waals surface area contributed by atoms with E-state index in [2.05, 4.69) is 10.3 Å². The lowest BCUT2D eigenvalue weighted by molar-refractivity contribution is -0.136. The van der Waals surface area contributed by atoms with Crippen molar-refractivity contribution in [3.63, 3.8) is 0 Å². The number of carboxylic acids is 1. The first-order valence-corrected chi connectivity index (χ1v) is 6.11. The number of aliphatic carboxylic acids is 1. The number of nitrogens with zero attached hydrogens (tertiary/aromatic N) is 1. The molecule has 0 saturated carbocycles. The number of nitrogens with two attached hydrogens (primary N) is 1. The van der Waals surface area contributed by atoms with Gasteiger partial charge < -0.3 is 16.2 Å². The van der Waals surface area contributed by atoms with Gasteiger partial charge in [-0.25, -0.2) is 4.98 Å². The largest absolute Gasteiger partial charge is 0.481 e. The quantitative estimate of drug-likeness (QED) is 0.626. The van der Waals surface area contributed by atoms with Crippen LogP contribution in [-0.2, 0) is 22.4 Å². The number of aromatic nitrogens is 1. The number of nitrogens with one attached hydrogen (secondary N) is 1. The fourth-order valence-electron chi connectivity index (χ4n) is 1.20. The minimum Gasteiger partial charge on any atom is -0.481 e. The van der Waals surface area contributed by atoms with Gasteiger partial charge in [-0.05, 0) is 6.54 Å². The van der Waals surface area contributed by atoms with Crippen molar-refractivity contribution in [2.24, 2.45) is 5.73 Å². The average molecular weight is 257 g/mol. The molecule has 0 aromatic carbocycles.